The van der Waals surface area contributed by atoms with Crippen molar-refractivity contribution in [2.24, 2.45) is 0 Å². The summed E-state index contributed by atoms with van der Waals surface area (Å²) in [6.07, 6.45) is 0. The van der Waals surface area contributed by atoms with Crippen LogP contribution in [0.15, 0.2) is 156 Å². The Labute approximate surface area is 303 Å². The van der Waals surface area contributed by atoms with Crippen LogP contribution in [0.25, 0.3) is 76.2 Å². The number of fused-ring (bicyclic) bond motifs is 9. The van der Waals surface area contributed by atoms with E-state index in [2.05, 4.69) is 60.7 Å². The molecule has 0 aliphatic carbocycles. The highest BCUT2D eigenvalue weighted by Gasteiger charge is 2.28. The second kappa shape index (κ2) is 11.6. The predicted octanol–water partition coefficient (Wildman–Crippen LogP) is 9.42. The van der Waals surface area contributed by atoms with E-state index in [9.17, 15) is 5.11 Å². The number of phenolic OH excluding ortho intramolecular Hbond substituents is 1. The molecule has 1 heterocycles. The Bertz CT molecular complexity index is 3060. The number of anilines is 3. The average Bonchev–Trinajstić information content (AvgIpc) is 3.58. The van der Waals surface area contributed by atoms with Gasteiger partial charge in [0.1, 0.15) is 40.5 Å². The van der Waals surface area contributed by atoms with Crippen LogP contribution in [0.2, 0.25) is 0 Å². The maximum Gasteiger partial charge on any atom is 0.137 e. The van der Waals surface area contributed by atoms with E-state index in [4.69, 9.17) is 28.0 Å². The lowest BCUT2D eigenvalue weighted by molar-refractivity contribution is 0.482. The Balaban J connectivity index is 1.34. The Morgan fingerprint density at radius 2 is 0.981 bits per heavy atom. The molecular formula is C46H26B3NO2. The molecule has 0 bridgehead atoms. The molecule has 0 atom stereocenters. The lowest BCUT2D eigenvalue weighted by Gasteiger charge is -2.33. The number of nitrogens with zero attached hydrogens (tertiary/aromatic N) is 1. The van der Waals surface area contributed by atoms with Gasteiger partial charge in [-0.2, -0.15) is 0 Å². The van der Waals surface area contributed by atoms with Crippen molar-refractivity contribution in [2.45, 2.75) is 0 Å². The third-order valence-corrected chi connectivity index (χ3v) is 10.4. The lowest BCUT2D eigenvalue weighted by atomic mass is 9.69. The molecule has 0 aliphatic heterocycles. The number of rotatable bonds is 4. The number of phenols is 1. The van der Waals surface area contributed by atoms with Gasteiger partial charge in [0.15, 0.2) is 0 Å². The summed E-state index contributed by atoms with van der Waals surface area (Å²) in [5.41, 5.74) is 5.22. The second-order valence-electron chi connectivity index (χ2n) is 13.3. The molecule has 3 nitrogen and oxygen atoms in total. The van der Waals surface area contributed by atoms with Crippen LogP contribution in [0.1, 0.15) is 0 Å². The second-order valence-corrected chi connectivity index (χ2v) is 13.3. The lowest BCUT2D eigenvalue weighted by Crippen LogP contribution is -2.38. The molecule has 0 aliphatic rings. The Kier molecular flexibility index (Phi) is 6.78. The Hall–Kier alpha value is -6.39. The maximum absolute atomic E-state index is 12.3. The van der Waals surface area contributed by atoms with Crippen LogP contribution in [-0.2, 0) is 0 Å². The van der Waals surface area contributed by atoms with E-state index in [-0.39, 0.29) is 22.1 Å². The maximum atomic E-state index is 12.3. The summed E-state index contributed by atoms with van der Waals surface area (Å²) in [6.45, 7) is 0. The zero-order valence-corrected chi connectivity index (χ0v) is 28.0. The van der Waals surface area contributed by atoms with E-state index < -0.39 is 0 Å². The van der Waals surface area contributed by atoms with Gasteiger partial charge in [-0.1, -0.05) is 132 Å². The highest BCUT2D eigenvalue weighted by atomic mass is 16.3. The molecule has 0 saturated heterocycles. The molecule has 52 heavy (non-hydrogen) atoms. The van der Waals surface area contributed by atoms with Crippen molar-refractivity contribution < 1.29 is 9.52 Å². The van der Waals surface area contributed by atoms with Crippen molar-refractivity contribution >= 4 is 122 Å². The van der Waals surface area contributed by atoms with Crippen LogP contribution >= 0.6 is 0 Å². The molecule has 0 spiro atoms. The molecule has 6 heteroatoms. The van der Waals surface area contributed by atoms with Crippen molar-refractivity contribution in [2.75, 3.05) is 4.90 Å². The SMILES string of the molecule is [B]c1c([B])c(N(c2cc3ccccc3c3ccccc23)c2cccc3oc4ccccc4c23)c([B])c(O)c1-c1cc2ccccc2c2ccccc12. The molecule has 9 aromatic carbocycles. The van der Waals surface area contributed by atoms with Crippen LogP contribution in [-0.4, -0.2) is 28.6 Å². The van der Waals surface area contributed by atoms with Gasteiger partial charge in [0.25, 0.3) is 0 Å². The summed E-state index contributed by atoms with van der Waals surface area (Å²) in [7, 11) is 21.5. The fourth-order valence-electron chi connectivity index (χ4n) is 8.09. The minimum atomic E-state index is -0.138. The van der Waals surface area contributed by atoms with E-state index in [0.717, 1.165) is 76.4 Å². The van der Waals surface area contributed by atoms with Crippen molar-refractivity contribution in [3.63, 3.8) is 0 Å². The summed E-state index contributed by atoms with van der Waals surface area (Å²) < 4.78 is 6.37. The van der Waals surface area contributed by atoms with Gasteiger partial charge in [0, 0.05) is 22.0 Å². The van der Waals surface area contributed by atoms with Crippen molar-refractivity contribution in [3.05, 3.63) is 152 Å². The first-order valence-corrected chi connectivity index (χ1v) is 17.2. The molecule has 1 aromatic heterocycles. The molecule has 10 rings (SSSR count). The fourth-order valence-corrected chi connectivity index (χ4v) is 8.09. The van der Waals surface area contributed by atoms with E-state index >= 15 is 0 Å². The molecule has 0 unspecified atom stereocenters. The summed E-state index contributed by atoms with van der Waals surface area (Å²) in [4.78, 5) is 2.04. The third kappa shape index (κ3) is 4.37. The van der Waals surface area contributed by atoms with E-state index in [1.165, 1.54) is 0 Å². The van der Waals surface area contributed by atoms with Gasteiger partial charge in [-0.05, 0) is 79.1 Å². The summed E-state index contributed by atoms with van der Waals surface area (Å²) in [6, 6.07) is 51.0. The van der Waals surface area contributed by atoms with Crippen molar-refractivity contribution in [3.8, 4) is 16.9 Å². The van der Waals surface area contributed by atoms with Crippen molar-refractivity contribution in [1.82, 2.24) is 0 Å². The molecule has 0 fully saturated rings. The zero-order valence-electron chi connectivity index (χ0n) is 28.0. The molecule has 236 valence electrons. The van der Waals surface area contributed by atoms with Crippen molar-refractivity contribution in [1.29, 1.82) is 0 Å². The summed E-state index contributed by atoms with van der Waals surface area (Å²) in [5.74, 6) is -0.138. The zero-order chi connectivity index (χ0) is 35.1. The number of aromatic hydroxyl groups is 1. The van der Waals surface area contributed by atoms with Crippen LogP contribution in [0.5, 0.6) is 5.75 Å². The minimum Gasteiger partial charge on any atom is -0.508 e. The van der Waals surface area contributed by atoms with Gasteiger partial charge in [-0.25, -0.2) is 0 Å². The van der Waals surface area contributed by atoms with Gasteiger partial charge in [0.05, 0.1) is 16.8 Å². The molecular weight excluding hydrogens is 631 g/mol. The molecule has 10 aromatic rings. The standard InChI is InChI=1S/C46H26B3NO2/c47-42-41(35-24-26-12-1-3-14-28(26)30-16-5-6-18-32(30)35)46(51)44(49)45(43(42)48)50(36-21-11-23-39-40(36)34-20-9-10-22-38(34)52-39)37-25-27-13-2-4-15-29(27)31-17-7-8-19-33(31)37/h1-25,51H. The Morgan fingerprint density at radius 1 is 0.442 bits per heavy atom. The summed E-state index contributed by atoms with van der Waals surface area (Å²) >= 11 is 0. The number of para-hydroxylation sites is 1. The topological polar surface area (TPSA) is 36.6 Å². The summed E-state index contributed by atoms with van der Waals surface area (Å²) in [5, 5.41) is 22.5. The van der Waals surface area contributed by atoms with Crippen LogP contribution in [0.3, 0.4) is 0 Å². The largest absolute Gasteiger partial charge is 0.508 e. The highest BCUT2D eigenvalue weighted by Crippen LogP contribution is 2.47. The van der Waals surface area contributed by atoms with Crippen LogP contribution < -0.4 is 21.3 Å². The van der Waals surface area contributed by atoms with Crippen LogP contribution in [0, 0.1) is 0 Å². The van der Waals surface area contributed by atoms with Gasteiger partial charge < -0.3 is 14.4 Å². The first-order valence-electron chi connectivity index (χ1n) is 17.2. The molecule has 1 N–H and O–H groups in total. The van der Waals surface area contributed by atoms with E-state index in [1.807, 2.05) is 95.9 Å². The predicted molar refractivity (Wildman–Crippen MR) is 222 cm³/mol. The minimum absolute atomic E-state index is 0.112. The number of hydrogen-bond acceptors (Lipinski definition) is 3. The number of benzene rings is 9. The van der Waals surface area contributed by atoms with Crippen LogP contribution in [0.4, 0.5) is 17.1 Å². The van der Waals surface area contributed by atoms with Gasteiger partial charge in [0.2, 0.25) is 0 Å². The monoisotopic (exact) mass is 657 g/mol. The molecule has 0 saturated carbocycles. The fraction of sp³-hybridized carbons (Fsp3) is 0. The quantitative estimate of drug-likeness (QED) is 0.151. The van der Waals surface area contributed by atoms with Gasteiger partial charge in [-0.15, -0.1) is 0 Å². The third-order valence-electron chi connectivity index (χ3n) is 10.4. The molecule has 0 amide bonds. The Morgan fingerprint density at radius 3 is 1.69 bits per heavy atom. The number of hydrogen-bond donors (Lipinski definition) is 1. The smallest absolute Gasteiger partial charge is 0.137 e. The molecule has 6 radical (unpaired) electrons. The normalized spacial score (nSPS) is 11.8. The first-order chi connectivity index (χ1) is 25.5. The average molecular weight is 657 g/mol. The van der Waals surface area contributed by atoms with Gasteiger partial charge >= 0.3 is 0 Å². The highest BCUT2D eigenvalue weighted by molar-refractivity contribution is 6.57. The van der Waals surface area contributed by atoms with E-state index in [0.29, 0.717) is 16.8 Å². The number of furan rings is 1. The van der Waals surface area contributed by atoms with E-state index in [1.54, 1.807) is 0 Å². The first kappa shape index (κ1) is 30.4. The van der Waals surface area contributed by atoms with Gasteiger partial charge in [-0.3, -0.25) is 0 Å².